The Morgan fingerprint density at radius 1 is 1.70 bits per heavy atom. The molecular weight excluding hydrogens is 128 g/mol. The van der Waals surface area contributed by atoms with Gasteiger partial charge >= 0.3 is 0 Å². The Labute approximate surface area is 61.2 Å². The van der Waals surface area contributed by atoms with Crippen molar-refractivity contribution in [2.45, 2.75) is 25.4 Å². The number of carbonyl (C=O) groups excluding carboxylic acids is 1. The molecule has 1 saturated heterocycles. The van der Waals surface area contributed by atoms with Gasteiger partial charge in [-0.2, -0.15) is 0 Å². The van der Waals surface area contributed by atoms with Gasteiger partial charge in [0.2, 0.25) is 0 Å². The van der Waals surface area contributed by atoms with Crippen molar-refractivity contribution >= 4 is 5.78 Å². The number of Topliss-reactive ketones (excluding diaryl/α,β-unsaturated/α-hetero) is 1. The van der Waals surface area contributed by atoms with Crippen molar-refractivity contribution in [3.8, 4) is 0 Å². The molecule has 3 heteroatoms. The SMILES string of the molecule is CC(=O)[C@@H]1C[C@@H](N)CN1C. The Hall–Kier alpha value is -0.410. The van der Waals surface area contributed by atoms with Gasteiger partial charge in [-0.3, -0.25) is 9.69 Å². The number of likely N-dealkylation sites (N-methyl/N-ethyl adjacent to an activating group) is 1. The highest BCUT2D eigenvalue weighted by molar-refractivity contribution is 5.81. The Kier molecular flexibility index (Phi) is 2.06. The fourth-order valence-electron chi connectivity index (χ4n) is 1.51. The molecule has 1 rings (SSSR count). The zero-order valence-corrected chi connectivity index (χ0v) is 6.50. The fourth-order valence-corrected chi connectivity index (χ4v) is 1.51. The molecule has 2 N–H and O–H groups in total. The molecule has 0 aromatic rings. The molecular formula is C7H14N2O. The summed E-state index contributed by atoms with van der Waals surface area (Å²) in [7, 11) is 1.94. The van der Waals surface area contributed by atoms with Gasteiger partial charge in [-0.25, -0.2) is 0 Å². The Balaban J connectivity index is 2.54. The van der Waals surface area contributed by atoms with Crippen LogP contribution in [0.2, 0.25) is 0 Å². The number of ketones is 1. The fraction of sp³-hybridized carbons (Fsp3) is 0.857. The van der Waals surface area contributed by atoms with Gasteiger partial charge in [0.1, 0.15) is 5.78 Å². The van der Waals surface area contributed by atoms with Crippen LogP contribution in [0, 0.1) is 0 Å². The van der Waals surface area contributed by atoms with Crippen molar-refractivity contribution in [1.29, 1.82) is 0 Å². The maximum atomic E-state index is 10.9. The van der Waals surface area contributed by atoms with Crippen molar-refractivity contribution < 1.29 is 4.79 Å². The average Bonchev–Trinajstić information content (AvgIpc) is 2.10. The van der Waals surface area contributed by atoms with Gasteiger partial charge in [-0.05, 0) is 20.4 Å². The standard InChI is InChI=1S/C7H14N2O/c1-5(10)7-3-6(8)4-9(7)2/h6-7H,3-4,8H2,1-2H3/t6-,7+/m1/s1. The minimum atomic E-state index is 0.0787. The molecule has 1 aliphatic rings. The van der Waals surface area contributed by atoms with Gasteiger partial charge in [-0.15, -0.1) is 0 Å². The molecule has 0 amide bonds. The highest BCUT2D eigenvalue weighted by Gasteiger charge is 2.29. The molecule has 0 saturated carbocycles. The van der Waals surface area contributed by atoms with E-state index in [0.717, 1.165) is 13.0 Å². The summed E-state index contributed by atoms with van der Waals surface area (Å²) >= 11 is 0. The number of nitrogens with two attached hydrogens (primary N) is 1. The molecule has 10 heavy (non-hydrogen) atoms. The summed E-state index contributed by atoms with van der Waals surface area (Å²) in [6.45, 7) is 2.48. The second kappa shape index (κ2) is 2.68. The van der Waals surface area contributed by atoms with Gasteiger partial charge < -0.3 is 5.73 Å². The summed E-state index contributed by atoms with van der Waals surface area (Å²) in [4.78, 5) is 12.9. The van der Waals surface area contributed by atoms with Crippen molar-refractivity contribution in [1.82, 2.24) is 4.90 Å². The largest absolute Gasteiger partial charge is 0.326 e. The van der Waals surface area contributed by atoms with Gasteiger partial charge in [-0.1, -0.05) is 0 Å². The molecule has 0 radical (unpaired) electrons. The highest BCUT2D eigenvalue weighted by Crippen LogP contribution is 2.14. The second-order valence-corrected chi connectivity index (χ2v) is 3.06. The van der Waals surface area contributed by atoms with Crippen molar-refractivity contribution in [2.75, 3.05) is 13.6 Å². The maximum absolute atomic E-state index is 10.9. The van der Waals surface area contributed by atoms with E-state index in [0.29, 0.717) is 0 Å². The summed E-state index contributed by atoms with van der Waals surface area (Å²) in [5.41, 5.74) is 5.66. The van der Waals surface area contributed by atoms with Crippen LogP contribution >= 0.6 is 0 Å². The van der Waals surface area contributed by atoms with E-state index in [1.165, 1.54) is 0 Å². The number of rotatable bonds is 1. The zero-order chi connectivity index (χ0) is 7.72. The molecule has 0 spiro atoms. The minimum absolute atomic E-state index is 0.0787. The predicted octanol–water partition coefficient (Wildman–Crippen LogP) is -0.393. The third kappa shape index (κ3) is 1.36. The van der Waals surface area contributed by atoms with E-state index < -0.39 is 0 Å². The zero-order valence-electron chi connectivity index (χ0n) is 6.50. The van der Waals surface area contributed by atoms with Crippen LogP contribution in [-0.4, -0.2) is 36.4 Å². The van der Waals surface area contributed by atoms with Gasteiger partial charge in [0.25, 0.3) is 0 Å². The first-order valence-corrected chi connectivity index (χ1v) is 3.57. The smallest absolute Gasteiger partial charge is 0.146 e. The third-order valence-corrected chi connectivity index (χ3v) is 2.05. The lowest BCUT2D eigenvalue weighted by molar-refractivity contribution is -0.120. The van der Waals surface area contributed by atoms with Crippen LogP contribution in [0.25, 0.3) is 0 Å². The van der Waals surface area contributed by atoms with E-state index in [1.807, 2.05) is 11.9 Å². The highest BCUT2D eigenvalue weighted by atomic mass is 16.1. The number of carbonyl (C=O) groups is 1. The van der Waals surface area contributed by atoms with E-state index in [9.17, 15) is 4.79 Å². The lowest BCUT2D eigenvalue weighted by Crippen LogP contribution is -2.31. The first-order chi connectivity index (χ1) is 4.61. The quantitative estimate of drug-likeness (QED) is 0.542. The number of nitrogens with zero attached hydrogens (tertiary/aromatic N) is 1. The normalized spacial score (nSPS) is 34.7. The number of hydrogen-bond donors (Lipinski definition) is 1. The Morgan fingerprint density at radius 2 is 2.30 bits per heavy atom. The monoisotopic (exact) mass is 142 g/mol. The molecule has 0 aromatic carbocycles. The molecule has 0 unspecified atom stereocenters. The molecule has 1 fully saturated rings. The van der Waals surface area contributed by atoms with Crippen LogP contribution in [0.1, 0.15) is 13.3 Å². The summed E-state index contributed by atoms with van der Waals surface area (Å²) < 4.78 is 0. The molecule has 58 valence electrons. The van der Waals surface area contributed by atoms with Crippen LogP contribution in [0.3, 0.4) is 0 Å². The van der Waals surface area contributed by atoms with Crippen molar-refractivity contribution in [3.05, 3.63) is 0 Å². The predicted molar refractivity (Wildman–Crippen MR) is 39.7 cm³/mol. The van der Waals surface area contributed by atoms with Gasteiger partial charge in [0.05, 0.1) is 6.04 Å². The van der Waals surface area contributed by atoms with Gasteiger partial charge in [0.15, 0.2) is 0 Å². The molecule has 0 bridgehead atoms. The molecule has 1 aliphatic heterocycles. The van der Waals surface area contributed by atoms with Crippen molar-refractivity contribution in [2.24, 2.45) is 5.73 Å². The van der Waals surface area contributed by atoms with Crippen LogP contribution in [-0.2, 0) is 4.79 Å². The first-order valence-electron chi connectivity index (χ1n) is 3.57. The average molecular weight is 142 g/mol. The summed E-state index contributed by atoms with van der Waals surface area (Å²) in [5.74, 6) is 0.232. The molecule has 0 aromatic heterocycles. The van der Waals surface area contributed by atoms with Gasteiger partial charge in [0, 0.05) is 12.6 Å². The maximum Gasteiger partial charge on any atom is 0.146 e. The Bertz CT molecular complexity index is 147. The topological polar surface area (TPSA) is 46.3 Å². The van der Waals surface area contributed by atoms with E-state index in [2.05, 4.69) is 0 Å². The molecule has 0 aliphatic carbocycles. The van der Waals surface area contributed by atoms with Crippen LogP contribution in [0.15, 0.2) is 0 Å². The molecule has 3 nitrogen and oxygen atoms in total. The van der Waals surface area contributed by atoms with Crippen LogP contribution in [0.5, 0.6) is 0 Å². The van der Waals surface area contributed by atoms with Crippen LogP contribution in [0.4, 0.5) is 0 Å². The van der Waals surface area contributed by atoms with Crippen molar-refractivity contribution in [3.63, 3.8) is 0 Å². The number of likely N-dealkylation sites (tertiary alicyclic amines) is 1. The van der Waals surface area contributed by atoms with E-state index >= 15 is 0 Å². The third-order valence-electron chi connectivity index (χ3n) is 2.05. The second-order valence-electron chi connectivity index (χ2n) is 3.06. The Morgan fingerprint density at radius 3 is 2.50 bits per heavy atom. The van der Waals surface area contributed by atoms with Crippen LogP contribution < -0.4 is 5.73 Å². The van der Waals surface area contributed by atoms with E-state index in [-0.39, 0.29) is 17.9 Å². The molecule has 1 heterocycles. The lowest BCUT2D eigenvalue weighted by Gasteiger charge is -2.14. The van der Waals surface area contributed by atoms with E-state index in [1.54, 1.807) is 6.92 Å². The summed E-state index contributed by atoms with van der Waals surface area (Å²) in [5, 5.41) is 0. The lowest BCUT2D eigenvalue weighted by atomic mass is 10.1. The first kappa shape index (κ1) is 7.69. The summed E-state index contributed by atoms with van der Waals surface area (Å²) in [6, 6.07) is 0.272. The molecule has 2 atom stereocenters. The van der Waals surface area contributed by atoms with E-state index in [4.69, 9.17) is 5.73 Å². The minimum Gasteiger partial charge on any atom is -0.326 e. The number of hydrogen-bond acceptors (Lipinski definition) is 3. The summed E-state index contributed by atoms with van der Waals surface area (Å²) in [6.07, 6.45) is 0.825.